The van der Waals surface area contributed by atoms with Crippen molar-refractivity contribution < 1.29 is 15.0 Å². The third kappa shape index (κ3) is 6.87. The first-order chi connectivity index (χ1) is 18.5. The smallest absolute Gasteiger partial charge is 0.264 e. The molecule has 2 rings (SSSR count). The molecule has 0 aromatic heterocycles. The second-order valence-electron chi connectivity index (χ2n) is 9.87. The molecule has 39 heavy (non-hydrogen) atoms. The van der Waals surface area contributed by atoms with E-state index in [-0.39, 0.29) is 24.0 Å². The summed E-state index contributed by atoms with van der Waals surface area (Å²) in [7, 11) is 0. The summed E-state index contributed by atoms with van der Waals surface area (Å²) < 4.78 is 0. The third-order valence-electron chi connectivity index (χ3n) is 7.04. The Labute approximate surface area is 233 Å². The molecule has 0 atom stereocenters. The highest BCUT2D eigenvalue weighted by Gasteiger charge is 2.32. The Kier molecular flexibility index (Phi) is 10.9. The van der Waals surface area contributed by atoms with Gasteiger partial charge in [-0.2, -0.15) is 5.26 Å². The van der Waals surface area contributed by atoms with Gasteiger partial charge in [0, 0.05) is 25.1 Å². The summed E-state index contributed by atoms with van der Waals surface area (Å²) in [6.45, 7) is 21.1. The molecule has 0 saturated carbocycles. The van der Waals surface area contributed by atoms with Crippen LogP contribution in [0.4, 0.5) is 0 Å². The second-order valence-corrected chi connectivity index (χ2v) is 9.87. The molecular formula is C33H41N3O3. The molecule has 0 unspecified atom stereocenters. The number of hydrogen-bond donors (Lipinski definition) is 2. The zero-order chi connectivity index (χ0) is 29.3. The van der Waals surface area contributed by atoms with E-state index in [0.29, 0.717) is 36.5 Å². The van der Waals surface area contributed by atoms with Crippen molar-refractivity contribution in [3.63, 3.8) is 0 Å². The van der Waals surface area contributed by atoms with Crippen LogP contribution in [0.1, 0.15) is 51.3 Å². The number of benzene rings is 1. The summed E-state index contributed by atoms with van der Waals surface area (Å²) in [4.78, 5) is 16.0. The number of nitriles is 1. The molecule has 1 aromatic rings. The Bertz CT molecular complexity index is 1320. The number of nitrogens with zero attached hydrogens (tertiary/aromatic N) is 3. The van der Waals surface area contributed by atoms with Gasteiger partial charge in [-0.3, -0.25) is 14.6 Å². The van der Waals surface area contributed by atoms with Crippen molar-refractivity contribution in [3.8, 4) is 6.07 Å². The number of hydrogen-bond acceptors (Lipinski definition) is 5. The zero-order valence-corrected chi connectivity index (χ0v) is 24.1. The molecule has 2 N–H and O–H groups in total. The van der Waals surface area contributed by atoms with Gasteiger partial charge >= 0.3 is 0 Å². The van der Waals surface area contributed by atoms with E-state index in [1.165, 1.54) is 11.0 Å². The number of aliphatic hydroxyl groups is 2. The fraction of sp³-hybridized carbons (Fsp3) is 0.333. The Balaban J connectivity index is 2.49. The summed E-state index contributed by atoms with van der Waals surface area (Å²) in [5.74, 6) is -0.0611. The van der Waals surface area contributed by atoms with Crippen molar-refractivity contribution in [2.45, 2.75) is 53.4 Å². The highest BCUT2D eigenvalue weighted by molar-refractivity contribution is 5.98. The van der Waals surface area contributed by atoms with E-state index < -0.39 is 5.41 Å². The Morgan fingerprint density at radius 2 is 1.87 bits per heavy atom. The van der Waals surface area contributed by atoms with Crippen molar-refractivity contribution in [2.75, 3.05) is 19.7 Å². The molecule has 6 heteroatoms. The van der Waals surface area contributed by atoms with Gasteiger partial charge in [0.15, 0.2) is 0 Å². The van der Waals surface area contributed by atoms with Gasteiger partial charge in [-0.05, 0) is 74.1 Å². The number of carbonyl (C=O) groups is 1. The molecule has 0 radical (unpaired) electrons. The number of likely N-dealkylation sites (N-methyl/N-ethyl adjacent to an activating group) is 1. The molecule has 0 bridgehead atoms. The number of aryl methyl sites for hydroxylation is 1. The number of amides is 1. The van der Waals surface area contributed by atoms with Crippen LogP contribution in [0.2, 0.25) is 0 Å². The standard InChI is InChI=1S/C33H41N3O3/c1-9-13-27(20-24(5)33(7,8)30-21-26(18-19-37)17-16-23(30)4)28(22-34)14-12-15-29-31(38)35(10-2)25(6)36(11-3)32(29)39/h9,12-17,20-21,37-38H,5-6,10-11,18-19H2,1-4,7-8H3/b13-9-,15-12+,27-20+,28-14+. The fourth-order valence-corrected chi connectivity index (χ4v) is 4.58. The molecule has 1 heterocycles. The van der Waals surface area contributed by atoms with Crippen LogP contribution in [0.15, 0.2) is 102 Å². The lowest BCUT2D eigenvalue weighted by atomic mass is 9.75. The minimum atomic E-state index is -0.431. The lowest BCUT2D eigenvalue weighted by Crippen LogP contribution is -2.44. The van der Waals surface area contributed by atoms with Crippen LogP contribution >= 0.6 is 0 Å². The molecule has 0 saturated heterocycles. The Morgan fingerprint density at radius 3 is 2.44 bits per heavy atom. The van der Waals surface area contributed by atoms with Crippen LogP contribution in [0.25, 0.3) is 0 Å². The minimum absolute atomic E-state index is 0.0844. The van der Waals surface area contributed by atoms with Crippen molar-refractivity contribution in [1.82, 2.24) is 9.80 Å². The van der Waals surface area contributed by atoms with Crippen LogP contribution < -0.4 is 0 Å². The second kappa shape index (κ2) is 13.6. The summed E-state index contributed by atoms with van der Waals surface area (Å²) in [6, 6.07) is 8.44. The van der Waals surface area contributed by atoms with E-state index >= 15 is 0 Å². The average molecular weight is 528 g/mol. The summed E-state index contributed by atoms with van der Waals surface area (Å²) in [5, 5.41) is 30.1. The maximum atomic E-state index is 12.9. The molecule has 0 spiro atoms. The van der Waals surface area contributed by atoms with Crippen molar-refractivity contribution in [3.05, 3.63) is 118 Å². The van der Waals surface area contributed by atoms with Crippen molar-refractivity contribution in [1.29, 1.82) is 5.26 Å². The summed E-state index contributed by atoms with van der Waals surface area (Å²) in [6.07, 6.45) is 11.0. The fourth-order valence-electron chi connectivity index (χ4n) is 4.58. The first-order valence-electron chi connectivity index (χ1n) is 13.2. The van der Waals surface area contributed by atoms with E-state index in [0.717, 1.165) is 22.3 Å². The molecule has 1 amide bonds. The first kappa shape index (κ1) is 31.1. The van der Waals surface area contributed by atoms with Crippen LogP contribution in [-0.2, 0) is 16.6 Å². The number of carbonyl (C=O) groups excluding carboxylic acids is 1. The predicted octanol–water partition coefficient (Wildman–Crippen LogP) is 6.30. The van der Waals surface area contributed by atoms with Gasteiger partial charge in [-0.1, -0.05) is 69.5 Å². The summed E-state index contributed by atoms with van der Waals surface area (Å²) in [5.41, 5.74) is 4.89. The van der Waals surface area contributed by atoms with Crippen molar-refractivity contribution >= 4 is 5.91 Å². The Hall–Kier alpha value is -4.08. The van der Waals surface area contributed by atoms with Gasteiger partial charge in [-0.15, -0.1) is 0 Å². The van der Waals surface area contributed by atoms with E-state index in [9.17, 15) is 20.3 Å². The molecule has 0 fully saturated rings. The van der Waals surface area contributed by atoms with Crippen LogP contribution in [0, 0.1) is 18.3 Å². The summed E-state index contributed by atoms with van der Waals surface area (Å²) >= 11 is 0. The molecular weight excluding hydrogens is 486 g/mol. The number of rotatable bonds is 11. The molecule has 1 aromatic carbocycles. The van der Waals surface area contributed by atoms with Gasteiger partial charge in [0.2, 0.25) is 5.88 Å². The topological polar surface area (TPSA) is 87.8 Å². The van der Waals surface area contributed by atoms with Gasteiger partial charge in [0.25, 0.3) is 5.91 Å². The lowest BCUT2D eigenvalue weighted by Gasteiger charge is -2.37. The predicted molar refractivity (Wildman–Crippen MR) is 158 cm³/mol. The first-order valence-corrected chi connectivity index (χ1v) is 13.2. The highest BCUT2D eigenvalue weighted by atomic mass is 16.3. The highest BCUT2D eigenvalue weighted by Crippen LogP contribution is 2.35. The van der Waals surface area contributed by atoms with E-state index in [2.05, 4.69) is 52.1 Å². The minimum Gasteiger partial charge on any atom is -0.494 e. The van der Waals surface area contributed by atoms with Gasteiger partial charge in [0.1, 0.15) is 11.4 Å². The van der Waals surface area contributed by atoms with Crippen LogP contribution in [-0.4, -0.2) is 45.6 Å². The van der Waals surface area contributed by atoms with Crippen LogP contribution in [0.3, 0.4) is 0 Å². The molecule has 1 aliphatic rings. The number of allylic oxidation sites excluding steroid dienone is 8. The molecule has 1 aliphatic heterocycles. The maximum absolute atomic E-state index is 12.9. The quantitative estimate of drug-likeness (QED) is 0.261. The van der Waals surface area contributed by atoms with Crippen molar-refractivity contribution in [2.24, 2.45) is 0 Å². The Morgan fingerprint density at radius 1 is 1.21 bits per heavy atom. The molecule has 6 nitrogen and oxygen atoms in total. The molecule has 206 valence electrons. The normalized spacial score (nSPS) is 15.6. The number of aliphatic hydroxyl groups excluding tert-OH is 2. The van der Waals surface area contributed by atoms with E-state index in [1.54, 1.807) is 17.1 Å². The molecule has 0 aliphatic carbocycles. The van der Waals surface area contributed by atoms with E-state index in [1.807, 2.05) is 45.1 Å². The zero-order valence-electron chi connectivity index (χ0n) is 24.1. The van der Waals surface area contributed by atoms with Gasteiger partial charge in [-0.25, -0.2) is 0 Å². The van der Waals surface area contributed by atoms with Gasteiger partial charge in [0.05, 0.1) is 11.6 Å². The third-order valence-corrected chi connectivity index (χ3v) is 7.04. The van der Waals surface area contributed by atoms with Gasteiger partial charge < -0.3 is 10.2 Å². The van der Waals surface area contributed by atoms with Crippen LogP contribution in [0.5, 0.6) is 0 Å². The largest absolute Gasteiger partial charge is 0.494 e. The maximum Gasteiger partial charge on any atom is 0.264 e. The lowest BCUT2D eigenvalue weighted by molar-refractivity contribution is -0.127. The van der Waals surface area contributed by atoms with E-state index in [4.69, 9.17) is 0 Å². The average Bonchev–Trinajstić information content (AvgIpc) is 2.89. The SMILES string of the molecule is C=C1N(CC)C(=O)C(/C=C/C=C(C#N)/C(/C=C\C)=C/C(=C)C(C)(C)c2cc(CCO)ccc2C)=C(O)N1CC. The monoisotopic (exact) mass is 527 g/mol.